The first-order chi connectivity index (χ1) is 26.8. The lowest BCUT2D eigenvalue weighted by Crippen LogP contribution is -2.36. The fourth-order valence-electron chi connectivity index (χ4n) is 6.99. The van der Waals surface area contributed by atoms with Gasteiger partial charge in [-0.05, 0) is 59.5 Å². The largest absolute Gasteiger partial charge is 0.748 e. The molecule has 0 atom stereocenters. The Bertz CT molecular complexity index is 2880. The lowest BCUT2D eigenvalue weighted by molar-refractivity contribution is -0.667. The molecule has 14 heteroatoms. The fraction of sp³-hybridized carbons (Fsp3) is 0.238. The predicted octanol–water partition coefficient (Wildman–Crippen LogP) is 8.65. The maximum absolute atomic E-state index is 11.4. The first kappa shape index (κ1) is 40.1. The molecule has 0 radical (unpaired) electrons. The number of aryl methyl sites for hydroxylation is 3. The van der Waals surface area contributed by atoms with Crippen molar-refractivity contribution < 1.29 is 35.1 Å². The number of para-hydroxylation sites is 1. The van der Waals surface area contributed by atoms with E-state index in [-0.39, 0.29) is 12.8 Å². The number of hydrogen-bond donors (Lipinski definition) is 0. The van der Waals surface area contributed by atoms with Crippen LogP contribution in [-0.4, -0.2) is 44.0 Å². The minimum atomic E-state index is -4.34. The third-order valence-electron chi connectivity index (χ3n) is 9.76. The number of thioether (sulfide) groups is 1. The molecule has 5 aromatic carbocycles. The van der Waals surface area contributed by atoms with Crippen LogP contribution >= 0.6 is 34.4 Å². The summed E-state index contributed by atoms with van der Waals surface area (Å²) >= 11 is 5.07. The molecule has 1 aliphatic rings. The van der Waals surface area contributed by atoms with Crippen molar-refractivity contribution in [2.45, 2.75) is 44.6 Å². The number of anilines is 1. The zero-order chi connectivity index (χ0) is 39.6. The quantitative estimate of drug-likeness (QED) is 0.0937. The first-order valence-electron chi connectivity index (χ1n) is 18.2. The number of allylic oxidation sites excluding steroid dienone is 2. The summed E-state index contributed by atoms with van der Waals surface area (Å²) in [6.45, 7) is 4.95. The Balaban J connectivity index is 0.000000373. The van der Waals surface area contributed by atoms with Gasteiger partial charge in [0.15, 0.2) is 6.54 Å². The van der Waals surface area contributed by atoms with E-state index in [2.05, 4.69) is 108 Å². The van der Waals surface area contributed by atoms with Gasteiger partial charge in [-0.3, -0.25) is 0 Å². The normalized spacial score (nSPS) is 14.3. The van der Waals surface area contributed by atoms with Crippen molar-refractivity contribution >= 4 is 108 Å². The standard InChI is InChI=1S/C33H32N2O6S4.C9H10NS/c1-2-23(21-30-34(17-7-19-44(36,37)38)32-26-11-5-3-9-24(26)13-15-28(32)42-30)22-31-35(18-8-20-45(39,40)41)33-27-12-6-4-10-25(27)14-16-29(33)43-31;1-7-10(2)8-5-3-4-6-9(8)11-7/h3-6,9-16,21-22H,2,7-8,17-20H2,1H3,(H-,36,37,38,39,40,41);3-6H,1-2H3/q;+1/p-1. The molecule has 290 valence electrons. The summed E-state index contributed by atoms with van der Waals surface area (Å²) in [6.07, 6.45) is 5.32. The number of thiazole rings is 2. The van der Waals surface area contributed by atoms with Crippen LogP contribution in [0.1, 0.15) is 36.2 Å². The minimum Gasteiger partial charge on any atom is -0.748 e. The first-order valence-corrected chi connectivity index (χ1v) is 23.8. The van der Waals surface area contributed by atoms with Gasteiger partial charge in [-0.15, -0.1) is 0 Å². The van der Waals surface area contributed by atoms with E-state index >= 15 is 0 Å². The molecule has 0 fully saturated rings. The highest BCUT2D eigenvalue weighted by molar-refractivity contribution is 8.03. The Morgan fingerprint density at radius 1 is 0.768 bits per heavy atom. The van der Waals surface area contributed by atoms with E-state index in [0.717, 1.165) is 58.0 Å². The summed E-state index contributed by atoms with van der Waals surface area (Å²) in [6, 6.07) is 32.9. The van der Waals surface area contributed by atoms with Gasteiger partial charge < -0.3 is 14.0 Å². The van der Waals surface area contributed by atoms with Crippen molar-refractivity contribution in [3.05, 3.63) is 124 Å². The van der Waals surface area contributed by atoms with Crippen molar-refractivity contribution in [2.75, 3.05) is 23.0 Å². The number of aromatic nitrogens is 2. The third-order valence-corrected chi connectivity index (χ3v) is 14.7. The second-order valence-electron chi connectivity index (χ2n) is 13.5. The molecule has 0 aliphatic carbocycles. The summed E-state index contributed by atoms with van der Waals surface area (Å²) in [5.41, 5.74) is 4.36. The molecule has 0 amide bonds. The molecule has 3 heterocycles. The Hall–Kier alpha value is -4.15. The van der Waals surface area contributed by atoms with Crippen LogP contribution in [0, 0.1) is 6.92 Å². The molecule has 7 aromatic rings. The summed E-state index contributed by atoms with van der Waals surface area (Å²) in [5, 5.41) is 7.49. The lowest BCUT2D eigenvalue weighted by atomic mass is 10.1. The van der Waals surface area contributed by atoms with Gasteiger partial charge in [0.25, 0.3) is 5.01 Å². The van der Waals surface area contributed by atoms with E-state index in [9.17, 15) is 25.9 Å². The van der Waals surface area contributed by atoms with E-state index in [1.54, 1.807) is 23.1 Å². The van der Waals surface area contributed by atoms with Crippen LogP contribution < -0.4 is 14.0 Å². The molecular weight excluding hydrogens is 803 g/mol. The van der Waals surface area contributed by atoms with Gasteiger partial charge in [-0.2, -0.15) is 9.13 Å². The summed E-state index contributed by atoms with van der Waals surface area (Å²) in [4.78, 5) is 3.17. The number of hydrogen-bond acceptors (Lipinski definition) is 10. The number of fused-ring (bicyclic) bond motifs is 7. The zero-order valence-corrected chi connectivity index (χ0v) is 35.3. The SMILES string of the molecule is CCC(/C=C1\Sc2ccc3ccccc3c2N1CCCS(=O)(=O)[O-])=C\c1sc2ccc3ccccc3c2[n+]1CCCS(=O)(=O)[O-].Cc1sc2ccccc2[n+]1C. The van der Waals surface area contributed by atoms with Gasteiger partial charge in [0.05, 0.1) is 36.3 Å². The van der Waals surface area contributed by atoms with E-state index in [0.29, 0.717) is 19.5 Å². The average Bonchev–Trinajstić information content (AvgIpc) is 3.80. The smallest absolute Gasteiger partial charge is 0.263 e. The van der Waals surface area contributed by atoms with Gasteiger partial charge >= 0.3 is 0 Å². The van der Waals surface area contributed by atoms with Crippen LogP contribution in [0.3, 0.4) is 0 Å². The van der Waals surface area contributed by atoms with Crippen LogP contribution in [-0.2, 0) is 33.8 Å². The van der Waals surface area contributed by atoms with E-state index in [4.69, 9.17) is 0 Å². The molecule has 56 heavy (non-hydrogen) atoms. The van der Waals surface area contributed by atoms with E-state index in [1.807, 2.05) is 47.7 Å². The Kier molecular flexibility index (Phi) is 12.0. The van der Waals surface area contributed by atoms with Crippen LogP contribution in [0.25, 0.3) is 48.1 Å². The molecule has 9 nitrogen and oxygen atoms in total. The summed E-state index contributed by atoms with van der Waals surface area (Å²) in [7, 11) is -6.58. The second-order valence-corrected chi connectivity index (χ2v) is 20.0. The number of rotatable bonds is 11. The van der Waals surface area contributed by atoms with Crippen molar-refractivity contribution in [1.29, 1.82) is 0 Å². The molecule has 0 bridgehead atoms. The molecule has 0 saturated carbocycles. The lowest BCUT2D eigenvalue weighted by Gasteiger charge is -2.22. The molecular formula is C42H41N3O6S5. The fourth-order valence-corrected chi connectivity index (χ4v) is 11.3. The average molecular weight is 844 g/mol. The van der Waals surface area contributed by atoms with Gasteiger partial charge in [-0.1, -0.05) is 108 Å². The van der Waals surface area contributed by atoms with Gasteiger partial charge in [0.2, 0.25) is 16.0 Å². The summed E-state index contributed by atoms with van der Waals surface area (Å²) < 4.78 is 75.4. The van der Waals surface area contributed by atoms with Crippen molar-refractivity contribution in [2.24, 2.45) is 7.05 Å². The molecule has 0 spiro atoms. The Morgan fingerprint density at radius 2 is 1.41 bits per heavy atom. The predicted molar refractivity (Wildman–Crippen MR) is 229 cm³/mol. The molecule has 2 aromatic heterocycles. The van der Waals surface area contributed by atoms with Crippen LogP contribution in [0.5, 0.6) is 0 Å². The van der Waals surface area contributed by atoms with Crippen molar-refractivity contribution in [3.8, 4) is 0 Å². The number of benzene rings is 5. The topological polar surface area (TPSA) is 125 Å². The van der Waals surface area contributed by atoms with Gasteiger partial charge in [0, 0.05) is 53.8 Å². The molecule has 0 unspecified atom stereocenters. The monoisotopic (exact) mass is 843 g/mol. The van der Waals surface area contributed by atoms with Gasteiger partial charge in [-0.25, -0.2) is 16.8 Å². The van der Waals surface area contributed by atoms with Gasteiger partial charge in [0.1, 0.15) is 16.4 Å². The Labute approximate surface area is 339 Å². The molecule has 1 aliphatic heterocycles. The molecule has 0 N–H and O–H groups in total. The van der Waals surface area contributed by atoms with E-state index < -0.39 is 31.7 Å². The molecule has 0 saturated heterocycles. The maximum atomic E-state index is 11.4. The Morgan fingerprint density at radius 3 is 2.12 bits per heavy atom. The zero-order valence-electron chi connectivity index (χ0n) is 31.2. The maximum Gasteiger partial charge on any atom is 0.263 e. The van der Waals surface area contributed by atoms with Crippen LogP contribution in [0.15, 0.2) is 119 Å². The highest BCUT2D eigenvalue weighted by Gasteiger charge is 2.28. The second kappa shape index (κ2) is 16.8. The highest BCUT2D eigenvalue weighted by Crippen LogP contribution is 2.50. The van der Waals surface area contributed by atoms with E-state index in [1.165, 1.54) is 15.2 Å². The van der Waals surface area contributed by atoms with Crippen molar-refractivity contribution in [3.63, 3.8) is 0 Å². The van der Waals surface area contributed by atoms with Crippen LogP contribution in [0.4, 0.5) is 5.69 Å². The van der Waals surface area contributed by atoms with Crippen molar-refractivity contribution in [1.82, 2.24) is 0 Å². The summed E-state index contributed by atoms with van der Waals surface area (Å²) in [5.74, 6) is -0.875. The van der Waals surface area contributed by atoms with Crippen LogP contribution in [0.2, 0.25) is 0 Å². The number of nitrogens with zero attached hydrogens (tertiary/aromatic N) is 3. The third kappa shape index (κ3) is 9.02. The minimum absolute atomic E-state index is 0.198. The highest BCUT2D eigenvalue weighted by atomic mass is 32.2. The molecule has 8 rings (SSSR count).